The summed E-state index contributed by atoms with van der Waals surface area (Å²) in [6.07, 6.45) is 0.199. The van der Waals surface area contributed by atoms with Crippen LogP contribution in [0, 0.1) is 12.3 Å². The molecule has 2 heterocycles. The third-order valence-corrected chi connectivity index (χ3v) is 7.65. The van der Waals surface area contributed by atoms with Crippen molar-refractivity contribution in [3.05, 3.63) is 42.0 Å². The first-order valence-corrected chi connectivity index (χ1v) is 10.7. The molecule has 150 valence electrons. The van der Waals surface area contributed by atoms with Crippen molar-refractivity contribution >= 4 is 26.7 Å². The smallest absolute Gasteiger partial charge is 0.262 e. The van der Waals surface area contributed by atoms with E-state index in [1.165, 1.54) is 6.07 Å². The molecule has 2 fully saturated rings. The van der Waals surface area contributed by atoms with Crippen molar-refractivity contribution in [1.82, 2.24) is 9.62 Å². The molecule has 1 spiro atoms. The first-order valence-electron chi connectivity index (χ1n) is 9.29. The highest BCUT2D eigenvalue weighted by molar-refractivity contribution is 7.89. The number of nitrogens with one attached hydrogen (secondary N) is 1. The first-order chi connectivity index (χ1) is 13.1. The summed E-state index contributed by atoms with van der Waals surface area (Å²) >= 11 is 0. The van der Waals surface area contributed by atoms with Gasteiger partial charge in [-0.05, 0) is 36.8 Å². The van der Waals surface area contributed by atoms with E-state index < -0.39 is 40.2 Å². The predicted molar refractivity (Wildman–Crippen MR) is 102 cm³/mol. The molecule has 0 bridgehead atoms. The molecular formula is C20H22F2N2O3S. The van der Waals surface area contributed by atoms with Gasteiger partial charge in [0.15, 0.2) is 0 Å². The Morgan fingerprint density at radius 2 is 1.79 bits per heavy atom. The number of nitrogens with zero attached hydrogens (tertiary/aromatic N) is 1. The number of hydrogen-bond donors (Lipinski definition) is 1. The normalized spacial score (nSPS) is 25.8. The fourth-order valence-electron chi connectivity index (χ4n) is 4.46. The highest BCUT2D eigenvalue weighted by atomic mass is 32.2. The number of carbonyl (C=O) groups is 1. The molecule has 1 N–H and O–H groups in total. The van der Waals surface area contributed by atoms with E-state index in [1.54, 1.807) is 18.2 Å². The third kappa shape index (κ3) is 3.08. The summed E-state index contributed by atoms with van der Waals surface area (Å²) in [5.74, 6) is -3.74. The second-order valence-electron chi connectivity index (χ2n) is 7.87. The zero-order chi connectivity index (χ0) is 20.2. The van der Waals surface area contributed by atoms with E-state index in [-0.39, 0.29) is 17.9 Å². The summed E-state index contributed by atoms with van der Waals surface area (Å²) in [6, 6.07) is 10.2. The summed E-state index contributed by atoms with van der Waals surface area (Å²) in [7, 11) is -4.20. The van der Waals surface area contributed by atoms with Gasteiger partial charge in [0.25, 0.3) is 5.92 Å². The van der Waals surface area contributed by atoms with Gasteiger partial charge in [0.2, 0.25) is 15.9 Å². The van der Waals surface area contributed by atoms with Crippen molar-refractivity contribution in [3.63, 3.8) is 0 Å². The van der Waals surface area contributed by atoms with Gasteiger partial charge in [-0.25, -0.2) is 17.2 Å². The maximum Gasteiger partial charge on any atom is 0.262 e. The second-order valence-corrected chi connectivity index (χ2v) is 9.78. The van der Waals surface area contributed by atoms with E-state index in [4.69, 9.17) is 0 Å². The van der Waals surface area contributed by atoms with Crippen molar-refractivity contribution in [1.29, 1.82) is 0 Å². The summed E-state index contributed by atoms with van der Waals surface area (Å²) in [4.78, 5) is 12.5. The molecule has 4 rings (SSSR count). The van der Waals surface area contributed by atoms with Gasteiger partial charge in [-0.3, -0.25) is 4.79 Å². The summed E-state index contributed by atoms with van der Waals surface area (Å²) in [6.45, 7) is 1.17. The highest BCUT2D eigenvalue weighted by Crippen LogP contribution is 2.45. The average molecular weight is 408 g/mol. The third-order valence-electron chi connectivity index (χ3n) is 5.80. The Hall–Kier alpha value is -2.06. The van der Waals surface area contributed by atoms with Gasteiger partial charge >= 0.3 is 0 Å². The van der Waals surface area contributed by atoms with E-state index in [1.807, 2.05) is 19.1 Å². The van der Waals surface area contributed by atoms with Crippen LogP contribution in [-0.2, 0) is 14.8 Å². The zero-order valence-electron chi connectivity index (χ0n) is 15.5. The number of aryl methyl sites for hydroxylation is 1. The molecule has 1 amide bonds. The van der Waals surface area contributed by atoms with Crippen LogP contribution in [0.1, 0.15) is 24.8 Å². The number of halogens is 2. The van der Waals surface area contributed by atoms with Crippen LogP contribution in [0.4, 0.5) is 8.78 Å². The standard InChI is InChI=1S/C20H22F2N2O3S/c1-14-7-8-17(16-6-3-2-5-15(14)16)28(26,27)24-12-19(11-20(21,22)13-24)9-4-10-23-18(19)25/h2-3,5-8H,4,9-13H2,1H3,(H,23,25)/t19-/m0/s1. The summed E-state index contributed by atoms with van der Waals surface area (Å²) in [5, 5.41) is 3.90. The van der Waals surface area contributed by atoms with E-state index in [0.29, 0.717) is 18.4 Å². The van der Waals surface area contributed by atoms with Crippen molar-refractivity contribution < 1.29 is 22.0 Å². The van der Waals surface area contributed by atoms with Crippen LogP contribution in [0.25, 0.3) is 10.8 Å². The van der Waals surface area contributed by atoms with Crippen LogP contribution in [0.5, 0.6) is 0 Å². The van der Waals surface area contributed by atoms with Crippen LogP contribution < -0.4 is 5.32 Å². The van der Waals surface area contributed by atoms with Gasteiger partial charge in [-0.2, -0.15) is 4.31 Å². The van der Waals surface area contributed by atoms with Gasteiger partial charge in [-0.15, -0.1) is 0 Å². The molecule has 2 saturated heterocycles. The van der Waals surface area contributed by atoms with Crippen molar-refractivity contribution in [2.75, 3.05) is 19.6 Å². The van der Waals surface area contributed by atoms with Gasteiger partial charge in [-0.1, -0.05) is 30.3 Å². The Morgan fingerprint density at radius 3 is 2.50 bits per heavy atom. The quantitative estimate of drug-likeness (QED) is 0.831. The maximum atomic E-state index is 14.6. The lowest BCUT2D eigenvalue weighted by Gasteiger charge is -2.46. The highest BCUT2D eigenvalue weighted by Gasteiger charge is 2.56. The minimum absolute atomic E-state index is 0.00207. The Labute approximate surface area is 162 Å². The van der Waals surface area contributed by atoms with Gasteiger partial charge < -0.3 is 5.32 Å². The maximum absolute atomic E-state index is 14.6. The number of fused-ring (bicyclic) bond motifs is 1. The Balaban J connectivity index is 1.81. The van der Waals surface area contributed by atoms with Crippen molar-refractivity contribution in [2.45, 2.75) is 37.0 Å². The topological polar surface area (TPSA) is 66.5 Å². The molecule has 5 nitrogen and oxygen atoms in total. The summed E-state index contributed by atoms with van der Waals surface area (Å²) < 4.78 is 56.8. The lowest BCUT2D eigenvalue weighted by molar-refractivity contribution is -0.151. The molecule has 8 heteroatoms. The molecule has 0 aliphatic carbocycles. The molecule has 2 aliphatic rings. The molecule has 28 heavy (non-hydrogen) atoms. The van der Waals surface area contributed by atoms with Crippen LogP contribution in [0.3, 0.4) is 0 Å². The van der Waals surface area contributed by atoms with Gasteiger partial charge in [0, 0.05) is 24.9 Å². The molecule has 2 aromatic carbocycles. The molecule has 0 radical (unpaired) electrons. The van der Waals surface area contributed by atoms with Crippen LogP contribution in [-0.4, -0.2) is 44.2 Å². The Morgan fingerprint density at radius 1 is 1.07 bits per heavy atom. The molecule has 0 aromatic heterocycles. The molecule has 0 unspecified atom stereocenters. The second kappa shape index (κ2) is 6.49. The van der Waals surface area contributed by atoms with E-state index in [9.17, 15) is 22.0 Å². The number of rotatable bonds is 2. The lowest BCUT2D eigenvalue weighted by atomic mass is 9.73. The van der Waals surface area contributed by atoms with E-state index in [2.05, 4.69) is 5.32 Å². The minimum atomic E-state index is -4.20. The average Bonchev–Trinajstić information content (AvgIpc) is 2.63. The number of carbonyl (C=O) groups excluding carboxylic acids is 1. The number of amides is 1. The number of piperidine rings is 2. The molecule has 1 atom stereocenters. The molecule has 2 aromatic rings. The fraction of sp³-hybridized carbons (Fsp3) is 0.450. The Kier molecular flexibility index (Phi) is 4.46. The SMILES string of the molecule is Cc1ccc(S(=O)(=O)N2CC(F)(F)C[C@@]3(CCCNC3=O)C2)c2ccccc12. The number of hydrogen-bond acceptors (Lipinski definition) is 3. The van der Waals surface area contributed by atoms with E-state index in [0.717, 1.165) is 15.3 Å². The van der Waals surface area contributed by atoms with Crippen LogP contribution in [0.2, 0.25) is 0 Å². The molecule has 2 aliphatic heterocycles. The molecular weight excluding hydrogens is 386 g/mol. The van der Waals surface area contributed by atoms with Crippen LogP contribution >= 0.6 is 0 Å². The van der Waals surface area contributed by atoms with E-state index >= 15 is 0 Å². The number of sulfonamides is 1. The fourth-order valence-corrected chi connectivity index (χ4v) is 6.21. The predicted octanol–water partition coefficient (Wildman–Crippen LogP) is 3.07. The monoisotopic (exact) mass is 408 g/mol. The lowest BCUT2D eigenvalue weighted by Crippen LogP contribution is -2.61. The Bertz CT molecular complexity index is 1050. The van der Waals surface area contributed by atoms with Crippen LogP contribution in [0.15, 0.2) is 41.3 Å². The van der Waals surface area contributed by atoms with Gasteiger partial charge in [0.1, 0.15) is 0 Å². The van der Waals surface area contributed by atoms with Gasteiger partial charge in [0.05, 0.1) is 16.9 Å². The minimum Gasteiger partial charge on any atom is -0.356 e. The number of alkyl halides is 2. The number of benzene rings is 2. The zero-order valence-corrected chi connectivity index (χ0v) is 16.4. The van der Waals surface area contributed by atoms with Crippen molar-refractivity contribution in [2.24, 2.45) is 5.41 Å². The molecule has 0 saturated carbocycles. The van der Waals surface area contributed by atoms with Crippen molar-refractivity contribution in [3.8, 4) is 0 Å². The largest absolute Gasteiger partial charge is 0.356 e. The summed E-state index contributed by atoms with van der Waals surface area (Å²) in [5.41, 5.74) is -0.477. The first kappa shape index (κ1) is 19.3.